The zero-order chi connectivity index (χ0) is 20.1. The number of aryl methyl sites for hydroxylation is 1. The van der Waals surface area contributed by atoms with Gasteiger partial charge in [0.05, 0.1) is 18.4 Å². The normalized spacial score (nSPS) is 10.2. The fraction of sp³-hybridized carbons (Fsp3) is 0.136. The molecule has 1 N–H and O–H groups in total. The van der Waals surface area contributed by atoms with Crippen LogP contribution in [0.1, 0.15) is 27.3 Å². The molecule has 5 nitrogen and oxygen atoms in total. The van der Waals surface area contributed by atoms with E-state index in [0.717, 1.165) is 11.1 Å². The summed E-state index contributed by atoms with van der Waals surface area (Å²) in [5.74, 6) is 0.398. The topological polar surface area (TPSA) is 75.0 Å². The molecule has 0 radical (unpaired) electrons. The van der Waals surface area contributed by atoms with E-state index < -0.39 is 0 Å². The highest BCUT2D eigenvalue weighted by molar-refractivity contribution is 6.30. The van der Waals surface area contributed by atoms with E-state index in [1.54, 1.807) is 32.2 Å². The predicted octanol–water partition coefficient (Wildman–Crippen LogP) is 4.52. The Hall–Kier alpha value is -3.36. The van der Waals surface area contributed by atoms with Crippen LogP contribution in [0.2, 0.25) is 5.02 Å². The van der Waals surface area contributed by atoms with Gasteiger partial charge in [-0.1, -0.05) is 35.9 Å². The molecular formula is C22H18ClN3O2. The Balaban J connectivity index is 1.90. The van der Waals surface area contributed by atoms with Crippen molar-refractivity contribution in [3.05, 3.63) is 82.1 Å². The van der Waals surface area contributed by atoms with E-state index in [4.69, 9.17) is 16.3 Å². The summed E-state index contributed by atoms with van der Waals surface area (Å²) in [6, 6.07) is 18.4. The largest absolute Gasteiger partial charge is 0.497 e. The summed E-state index contributed by atoms with van der Waals surface area (Å²) < 4.78 is 5.18. The Morgan fingerprint density at radius 3 is 2.61 bits per heavy atom. The number of carbonyl (C=O) groups excluding carboxylic acids is 1. The molecule has 0 aliphatic rings. The molecule has 0 saturated carbocycles. The highest BCUT2D eigenvalue weighted by atomic mass is 35.5. The molecule has 6 heteroatoms. The van der Waals surface area contributed by atoms with Crippen molar-refractivity contribution in [2.24, 2.45) is 0 Å². The first-order valence-corrected chi connectivity index (χ1v) is 8.98. The van der Waals surface area contributed by atoms with E-state index in [1.165, 1.54) is 0 Å². The minimum atomic E-state index is -0.317. The summed E-state index contributed by atoms with van der Waals surface area (Å²) in [5, 5.41) is 13.0. The lowest BCUT2D eigenvalue weighted by Crippen LogP contribution is -2.24. The summed E-state index contributed by atoms with van der Waals surface area (Å²) in [7, 11) is 1.59. The van der Waals surface area contributed by atoms with Crippen LogP contribution < -0.4 is 10.1 Å². The number of nitrogens with zero attached hydrogens (tertiary/aromatic N) is 2. The molecule has 3 aromatic rings. The maximum Gasteiger partial charge on any atom is 0.270 e. The maximum atomic E-state index is 12.6. The number of benzene rings is 2. The van der Waals surface area contributed by atoms with Gasteiger partial charge in [-0.2, -0.15) is 5.26 Å². The van der Waals surface area contributed by atoms with Gasteiger partial charge in [0, 0.05) is 17.1 Å². The molecule has 0 aliphatic heterocycles. The molecule has 1 amide bonds. The molecule has 1 heterocycles. The Bertz CT molecular complexity index is 1060. The number of amides is 1. The van der Waals surface area contributed by atoms with Crippen molar-refractivity contribution in [3.63, 3.8) is 0 Å². The number of aromatic nitrogens is 1. The molecule has 0 saturated heterocycles. The lowest BCUT2D eigenvalue weighted by atomic mass is 9.98. The van der Waals surface area contributed by atoms with Crippen molar-refractivity contribution in [2.45, 2.75) is 13.5 Å². The second kappa shape index (κ2) is 8.55. The van der Waals surface area contributed by atoms with Crippen LogP contribution in [-0.2, 0) is 6.54 Å². The summed E-state index contributed by atoms with van der Waals surface area (Å²) >= 11 is 5.98. The maximum absolute atomic E-state index is 12.6. The number of nitrogens with one attached hydrogen (secondary N) is 1. The third kappa shape index (κ3) is 4.30. The molecule has 2 aromatic carbocycles. The number of rotatable bonds is 5. The number of pyridine rings is 1. The lowest BCUT2D eigenvalue weighted by molar-refractivity contribution is 0.0945. The van der Waals surface area contributed by atoms with Gasteiger partial charge in [-0.15, -0.1) is 0 Å². The molecule has 1 aromatic heterocycles. The number of hydrogen-bond donors (Lipinski definition) is 1. The highest BCUT2D eigenvalue weighted by Gasteiger charge is 2.16. The SMILES string of the molecule is COc1ccc(-c2cc(C(=O)NCc3cccc(Cl)c3)nc(C)c2C#N)cc1. The van der Waals surface area contributed by atoms with E-state index >= 15 is 0 Å². The fourth-order valence-electron chi connectivity index (χ4n) is 2.85. The van der Waals surface area contributed by atoms with Gasteiger partial charge in [-0.3, -0.25) is 4.79 Å². The van der Waals surface area contributed by atoms with Crippen molar-refractivity contribution in [1.29, 1.82) is 5.26 Å². The molecule has 0 fully saturated rings. The summed E-state index contributed by atoms with van der Waals surface area (Å²) in [4.78, 5) is 16.9. The van der Waals surface area contributed by atoms with E-state index in [1.807, 2.05) is 36.4 Å². The van der Waals surface area contributed by atoms with E-state index in [9.17, 15) is 10.1 Å². The van der Waals surface area contributed by atoms with Gasteiger partial charge in [-0.25, -0.2) is 4.98 Å². The van der Waals surface area contributed by atoms with E-state index in [-0.39, 0.29) is 11.6 Å². The second-order valence-corrected chi connectivity index (χ2v) is 6.60. The van der Waals surface area contributed by atoms with Gasteiger partial charge in [0.25, 0.3) is 5.91 Å². The van der Waals surface area contributed by atoms with Crippen LogP contribution in [0.5, 0.6) is 5.75 Å². The first-order chi connectivity index (χ1) is 13.5. The van der Waals surface area contributed by atoms with Gasteiger partial charge in [0.2, 0.25) is 0 Å². The number of halogens is 1. The van der Waals surface area contributed by atoms with E-state index in [0.29, 0.717) is 34.1 Å². The number of hydrogen-bond acceptors (Lipinski definition) is 4. The van der Waals surface area contributed by atoms with Crippen LogP contribution >= 0.6 is 11.6 Å². The molecule has 0 atom stereocenters. The van der Waals surface area contributed by atoms with Gasteiger partial charge < -0.3 is 10.1 Å². The van der Waals surface area contributed by atoms with Crippen LogP contribution in [0.15, 0.2) is 54.6 Å². The number of nitriles is 1. The van der Waals surface area contributed by atoms with Gasteiger partial charge in [0.1, 0.15) is 17.5 Å². The second-order valence-electron chi connectivity index (χ2n) is 6.17. The zero-order valence-electron chi connectivity index (χ0n) is 15.5. The Morgan fingerprint density at radius 1 is 1.21 bits per heavy atom. The smallest absolute Gasteiger partial charge is 0.270 e. The van der Waals surface area contributed by atoms with Crippen molar-refractivity contribution < 1.29 is 9.53 Å². The van der Waals surface area contributed by atoms with Crippen LogP contribution in [0, 0.1) is 18.3 Å². The van der Waals surface area contributed by atoms with Crippen molar-refractivity contribution in [2.75, 3.05) is 7.11 Å². The van der Waals surface area contributed by atoms with Crippen LogP contribution in [0.3, 0.4) is 0 Å². The Morgan fingerprint density at radius 2 is 1.96 bits per heavy atom. The molecule has 140 valence electrons. The number of ether oxygens (including phenoxy) is 1. The minimum Gasteiger partial charge on any atom is -0.497 e. The van der Waals surface area contributed by atoms with Crippen molar-refractivity contribution in [3.8, 4) is 22.9 Å². The molecule has 0 aliphatic carbocycles. The van der Waals surface area contributed by atoms with Gasteiger partial charge in [0.15, 0.2) is 0 Å². The number of carbonyl (C=O) groups is 1. The molecule has 0 bridgehead atoms. The molecule has 3 rings (SSSR count). The zero-order valence-corrected chi connectivity index (χ0v) is 16.2. The first kappa shape index (κ1) is 19.4. The quantitative estimate of drug-likeness (QED) is 0.693. The van der Waals surface area contributed by atoms with Crippen molar-refractivity contribution >= 4 is 17.5 Å². The Labute approximate surface area is 168 Å². The predicted molar refractivity (Wildman–Crippen MR) is 108 cm³/mol. The molecule has 0 spiro atoms. The van der Waals surface area contributed by atoms with Crippen LogP contribution in [-0.4, -0.2) is 18.0 Å². The molecule has 0 unspecified atom stereocenters. The first-order valence-electron chi connectivity index (χ1n) is 8.60. The third-order valence-electron chi connectivity index (χ3n) is 4.29. The Kier molecular flexibility index (Phi) is 5.93. The van der Waals surface area contributed by atoms with Crippen LogP contribution in [0.25, 0.3) is 11.1 Å². The summed E-state index contributed by atoms with van der Waals surface area (Å²) in [6.07, 6.45) is 0. The lowest BCUT2D eigenvalue weighted by Gasteiger charge is -2.11. The van der Waals surface area contributed by atoms with Crippen molar-refractivity contribution in [1.82, 2.24) is 10.3 Å². The minimum absolute atomic E-state index is 0.254. The fourth-order valence-corrected chi connectivity index (χ4v) is 3.06. The molecule has 28 heavy (non-hydrogen) atoms. The van der Waals surface area contributed by atoms with Crippen LogP contribution in [0.4, 0.5) is 0 Å². The highest BCUT2D eigenvalue weighted by Crippen LogP contribution is 2.27. The summed E-state index contributed by atoms with van der Waals surface area (Å²) in [5.41, 5.74) is 3.56. The third-order valence-corrected chi connectivity index (χ3v) is 4.52. The average Bonchev–Trinajstić information content (AvgIpc) is 2.71. The van der Waals surface area contributed by atoms with Gasteiger partial charge >= 0.3 is 0 Å². The monoisotopic (exact) mass is 391 g/mol. The van der Waals surface area contributed by atoms with Gasteiger partial charge in [-0.05, 0) is 48.4 Å². The standard InChI is InChI=1S/C22H18ClN3O2/c1-14-20(12-24)19(16-6-8-18(28-2)9-7-16)11-21(26-14)22(27)25-13-15-4-3-5-17(23)10-15/h3-11H,13H2,1-2H3,(H,25,27). The number of methoxy groups -OCH3 is 1. The average molecular weight is 392 g/mol. The molecular weight excluding hydrogens is 374 g/mol. The summed E-state index contributed by atoms with van der Waals surface area (Å²) in [6.45, 7) is 2.05. The van der Waals surface area contributed by atoms with E-state index in [2.05, 4.69) is 16.4 Å².